The fourth-order valence-electron chi connectivity index (χ4n) is 2.47. The maximum absolute atomic E-state index is 12.0. The van der Waals surface area contributed by atoms with Crippen molar-refractivity contribution in [2.75, 3.05) is 12.4 Å². The Labute approximate surface area is 145 Å². The number of nitrogens with zero attached hydrogens (tertiary/aromatic N) is 2. The average Bonchev–Trinajstić information content (AvgIpc) is 2.59. The van der Waals surface area contributed by atoms with Crippen LogP contribution in [0.25, 0.3) is 22.0 Å². The lowest BCUT2D eigenvalue weighted by Crippen LogP contribution is -2.14. The van der Waals surface area contributed by atoms with Crippen LogP contribution in [0.5, 0.6) is 0 Å². The van der Waals surface area contributed by atoms with Crippen LogP contribution >= 0.6 is 0 Å². The van der Waals surface area contributed by atoms with Gasteiger partial charge in [-0.2, -0.15) is 0 Å². The van der Waals surface area contributed by atoms with Gasteiger partial charge in [0.15, 0.2) is 0 Å². The molecule has 126 valence electrons. The Morgan fingerprint density at radius 1 is 1.20 bits per heavy atom. The van der Waals surface area contributed by atoms with E-state index in [9.17, 15) is 9.90 Å². The number of nitrogens with one attached hydrogen (secondary N) is 2. The zero-order valence-corrected chi connectivity index (χ0v) is 14.2. The second-order valence-corrected chi connectivity index (χ2v) is 6.09. The molecule has 0 saturated heterocycles. The predicted molar refractivity (Wildman–Crippen MR) is 98.3 cm³/mol. The first-order chi connectivity index (χ1) is 11.9. The summed E-state index contributed by atoms with van der Waals surface area (Å²) in [6, 6.07) is 9.11. The standard InChI is InChI=1S/C19H18N4O2/c1-19(2,25)10-9-12-7-8-14(17(20-3)23-12)13-5-4-6-15-16(13)21-11-22-18(15)24/h4-8,11,25H,1-3H3,(H,20,23)(H,21,22,24). The first-order valence-corrected chi connectivity index (χ1v) is 7.80. The zero-order chi connectivity index (χ0) is 18.0. The highest BCUT2D eigenvalue weighted by Gasteiger charge is 2.12. The van der Waals surface area contributed by atoms with E-state index in [0.29, 0.717) is 22.4 Å². The highest BCUT2D eigenvalue weighted by atomic mass is 16.3. The van der Waals surface area contributed by atoms with Crippen molar-refractivity contribution in [2.45, 2.75) is 19.4 Å². The van der Waals surface area contributed by atoms with E-state index < -0.39 is 5.60 Å². The van der Waals surface area contributed by atoms with Gasteiger partial charge in [0.2, 0.25) is 0 Å². The largest absolute Gasteiger partial charge is 0.378 e. The average molecular weight is 334 g/mol. The first kappa shape index (κ1) is 16.7. The zero-order valence-electron chi connectivity index (χ0n) is 14.2. The number of aromatic amines is 1. The molecule has 0 aliphatic carbocycles. The van der Waals surface area contributed by atoms with E-state index in [1.807, 2.05) is 18.2 Å². The molecular formula is C19H18N4O2. The molecule has 0 radical (unpaired) electrons. The Balaban J connectivity index is 2.17. The van der Waals surface area contributed by atoms with E-state index in [4.69, 9.17) is 0 Å². The number of rotatable bonds is 2. The molecule has 3 N–H and O–H groups in total. The maximum atomic E-state index is 12.0. The second-order valence-electron chi connectivity index (χ2n) is 6.09. The van der Waals surface area contributed by atoms with Gasteiger partial charge in [0.25, 0.3) is 5.56 Å². The number of aromatic nitrogens is 3. The van der Waals surface area contributed by atoms with Gasteiger partial charge in [-0.25, -0.2) is 9.97 Å². The van der Waals surface area contributed by atoms with Crippen molar-refractivity contribution in [3.05, 3.63) is 52.7 Å². The van der Waals surface area contributed by atoms with Crippen molar-refractivity contribution < 1.29 is 5.11 Å². The van der Waals surface area contributed by atoms with Crippen molar-refractivity contribution in [3.8, 4) is 23.0 Å². The van der Waals surface area contributed by atoms with Crippen LogP contribution in [-0.2, 0) is 0 Å². The Bertz CT molecular complexity index is 1050. The molecule has 3 aromatic rings. The van der Waals surface area contributed by atoms with Crippen molar-refractivity contribution in [1.82, 2.24) is 15.0 Å². The highest BCUT2D eigenvalue weighted by Crippen LogP contribution is 2.30. The second kappa shape index (κ2) is 6.38. The van der Waals surface area contributed by atoms with E-state index in [2.05, 4.69) is 32.1 Å². The summed E-state index contributed by atoms with van der Waals surface area (Å²) < 4.78 is 0. The summed E-state index contributed by atoms with van der Waals surface area (Å²) in [4.78, 5) is 23.4. The minimum atomic E-state index is -1.08. The smallest absolute Gasteiger partial charge is 0.258 e. The van der Waals surface area contributed by atoms with Crippen LogP contribution in [0.3, 0.4) is 0 Å². The van der Waals surface area contributed by atoms with E-state index in [1.165, 1.54) is 6.33 Å². The lowest BCUT2D eigenvalue weighted by atomic mass is 10.0. The SMILES string of the molecule is CNc1nc(C#CC(C)(C)O)ccc1-c1cccc2c(=O)[nH]cnc12. The molecule has 3 rings (SSSR count). The van der Waals surface area contributed by atoms with Crippen LogP contribution in [-0.4, -0.2) is 32.7 Å². The van der Waals surface area contributed by atoms with Gasteiger partial charge in [0.1, 0.15) is 17.1 Å². The normalized spacial score (nSPS) is 11.0. The van der Waals surface area contributed by atoms with Crippen molar-refractivity contribution in [1.29, 1.82) is 0 Å². The van der Waals surface area contributed by atoms with Gasteiger partial charge in [0.05, 0.1) is 17.2 Å². The van der Waals surface area contributed by atoms with Gasteiger partial charge >= 0.3 is 0 Å². The molecule has 0 atom stereocenters. The third-order valence-electron chi connectivity index (χ3n) is 3.59. The third kappa shape index (κ3) is 3.52. The molecule has 0 fully saturated rings. The topological polar surface area (TPSA) is 90.9 Å². The lowest BCUT2D eigenvalue weighted by molar-refractivity contribution is 0.143. The Kier molecular flexibility index (Phi) is 4.26. The summed E-state index contributed by atoms with van der Waals surface area (Å²) in [6.07, 6.45) is 1.39. The number of benzene rings is 1. The van der Waals surface area contributed by atoms with Crippen LogP contribution in [0.2, 0.25) is 0 Å². The quantitative estimate of drug-likeness (QED) is 0.625. The number of H-pyrrole nitrogens is 1. The van der Waals surface area contributed by atoms with Gasteiger partial charge in [-0.1, -0.05) is 18.1 Å². The lowest BCUT2D eigenvalue weighted by Gasteiger charge is -2.11. The van der Waals surface area contributed by atoms with E-state index in [1.54, 1.807) is 33.0 Å². The molecule has 2 heterocycles. The number of pyridine rings is 1. The molecule has 0 saturated carbocycles. The number of fused-ring (bicyclic) bond motifs is 1. The molecule has 2 aromatic heterocycles. The minimum absolute atomic E-state index is 0.182. The van der Waals surface area contributed by atoms with Gasteiger partial charge in [-0.15, -0.1) is 0 Å². The maximum Gasteiger partial charge on any atom is 0.258 e. The predicted octanol–water partition coefficient (Wildman–Crippen LogP) is 2.15. The number of hydrogen-bond acceptors (Lipinski definition) is 5. The Morgan fingerprint density at radius 2 is 2.00 bits per heavy atom. The summed E-state index contributed by atoms with van der Waals surface area (Å²) in [6.45, 7) is 3.24. The van der Waals surface area contributed by atoms with Gasteiger partial charge in [-0.05, 0) is 38.0 Å². The number of hydrogen-bond donors (Lipinski definition) is 3. The molecular weight excluding hydrogens is 316 g/mol. The molecule has 0 spiro atoms. The van der Waals surface area contributed by atoms with Crippen molar-refractivity contribution in [3.63, 3.8) is 0 Å². The van der Waals surface area contributed by atoms with Crippen LogP contribution < -0.4 is 10.9 Å². The molecule has 0 unspecified atom stereocenters. The molecule has 0 amide bonds. The summed E-state index contributed by atoms with van der Waals surface area (Å²) in [7, 11) is 1.77. The van der Waals surface area contributed by atoms with Gasteiger partial charge < -0.3 is 15.4 Å². The fraction of sp³-hybridized carbons (Fsp3) is 0.211. The molecule has 25 heavy (non-hydrogen) atoms. The molecule has 0 aliphatic rings. The van der Waals surface area contributed by atoms with Crippen molar-refractivity contribution >= 4 is 16.7 Å². The van der Waals surface area contributed by atoms with E-state index >= 15 is 0 Å². The van der Waals surface area contributed by atoms with E-state index in [0.717, 1.165) is 11.1 Å². The fourth-order valence-corrected chi connectivity index (χ4v) is 2.47. The monoisotopic (exact) mass is 334 g/mol. The summed E-state index contributed by atoms with van der Waals surface area (Å²) in [5, 5.41) is 13.3. The first-order valence-electron chi connectivity index (χ1n) is 7.80. The van der Waals surface area contributed by atoms with Gasteiger partial charge in [-0.3, -0.25) is 4.79 Å². The molecule has 6 nitrogen and oxygen atoms in total. The van der Waals surface area contributed by atoms with Crippen LogP contribution in [0.1, 0.15) is 19.5 Å². The summed E-state index contributed by atoms with van der Waals surface area (Å²) in [5.74, 6) is 6.23. The highest BCUT2D eigenvalue weighted by molar-refractivity contribution is 5.95. The summed E-state index contributed by atoms with van der Waals surface area (Å²) in [5.41, 5.74) is 1.52. The summed E-state index contributed by atoms with van der Waals surface area (Å²) >= 11 is 0. The number of para-hydroxylation sites is 1. The Morgan fingerprint density at radius 3 is 2.72 bits per heavy atom. The molecule has 1 aromatic carbocycles. The molecule has 0 aliphatic heterocycles. The minimum Gasteiger partial charge on any atom is -0.378 e. The molecule has 6 heteroatoms. The van der Waals surface area contributed by atoms with Crippen LogP contribution in [0, 0.1) is 11.8 Å². The van der Waals surface area contributed by atoms with Gasteiger partial charge in [0, 0.05) is 18.2 Å². The van der Waals surface area contributed by atoms with Crippen LogP contribution in [0.15, 0.2) is 41.5 Å². The number of aliphatic hydroxyl groups is 1. The molecule has 0 bridgehead atoms. The van der Waals surface area contributed by atoms with Crippen molar-refractivity contribution in [2.24, 2.45) is 0 Å². The van der Waals surface area contributed by atoms with E-state index in [-0.39, 0.29) is 5.56 Å². The number of anilines is 1. The Hall–Kier alpha value is -3.17. The van der Waals surface area contributed by atoms with Crippen LogP contribution in [0.4, 0.5) is 5.82 Å². The third-order valence-corrected chi connectivity index (χ3v) is 3.59.